The van der Waals surface area contributed by atoms with Gasteiger partial charge in [0.1, 0.15) is 17.6 Å². The minimum Gasteiger partial charge on any atom is -0.355 e. The summed E-state index contributed by atoms with van der Waals surface area (Å²) >= 11 is 0. The number of nitrogens with zero attached hydrogens (tertiary/aromatic N) is 4. The van der Waals surface area contributed by atoms with Gasteiger partial charge in [-0.1, -0.05) is 18.9 Å². The second-order valence-electron chi connectivity index (χ2n) is 7.49. The Balaban J connectivity index is 1.53. The Kier molecular flexibility index (Phi) is 3.91. The van der Waals surface area contributed by atoms with Gasteiger partial charge in [-0.2, -0.15) is 5.26 Å². The second kappa shape index (κ2) is 6.08. The lowest BCUT2D eigenvalue weighted by atomic mass is 9.77. The molecule has 0 aromatic carbocycles. The standard InChI is InChI=1S/C19H24N4O/c20-13-15-5-3-8-17(21-15)22-12-10-19(14-22)9-4-11-23(18(19)24)16-6-1-2-7-16/h3,5,8,16H,1-2,4,6-7,9-12,14H2/t19-/m1/s1. The number of rotatable bonds is 2. The largest absolute Gasteiger partial charge is 0.355 e. The number of amides is 1. The van der Waals surface area contributed by atoms with Gasteiger partial charge in [0.05, 0.1) is 5.41 Å². The van der Waals surface area contributed by atoms with Crippen LogP contribution in [0.3, 0.4) is 0 Å². The molecule has 1 aliphatic carbocycles. The number of piperidine rings is 1. The summed E-state index contributed by atoms with van der Waals surface area (Å²) in [6.45, 7) is 2.54. The first-order chi connectivity index (χ1) is 11.7. The van der Waals surface area contributed by atoms with Crippen LogP contribution in [0, 0.1) is 16.7 Å². The number of carbonyl (C=O) groups is 1. The predicted octanol–water partition coefficient (Wildman–Crippen LogP) is 2.71. The quantitative estimate of drug-likeness (QED) is 0.839. The van der Waals surface area contributed by atoms with Gasteiger partial charge in [-0.05, 0) is 44.2 Å². The van der Waals surface area contributed by atoms with Crippen molar-refractivity contribution in [3.8, 4) is 6.07 Å². The molecule has 1 aromatic rings. The zero-order valence-corrected chi connectivity index (χ0v) is 14.1. The minimum atomic E-state index is -0.231. The van der Waals surface area contributed by atoms with E-state index in [2.05, 4.69) is 20.9 Å². The zero-order valence-electron chi connectivity index (χ0n) is 14.1. The van der Waals surface area contributed by atoms with Crippen LogP contribution in [0.2, 0.25) is 0 Å². The topological polar surface area (TPSA) is 60.2 Å². The lowest BCUT2D eigenvalue weighted by molar-refractivity contribution is -0.147. The van der Waals surface area contributed by atoms with E-state index in [-0.39, 0.29) is 5.41 Å². The van der Waals surface area contributed by atoms with Crippen molar-refractivity contribution in [2.24, 2.45) is 5.41 Å². The van der Waals surface area contributed by atoms with E-state index in [4.69, 9.17) is 5.26 Å². The first-order valence-electron chi connectivity index (χ1n) is 9.15. The van der Waals surface area contributed by atoms with Crippen molar-refractivity contribution in [2.45, 2.75) is 51.0 Å². The van der Waals surface area contributed by atoms with Crippen molar-refractivity contribution in [1.29, 1.82) is 5.26 Å². The molecule has 0 radical (unpaired) electrons. The van der Waals surface area contributed by atoms with Crippen molar-refractivity contribution in [3.05, 3.63) is 23.9 Å². The Hall–Kier alpha value is -2.09. The van der Waals surface area contributed by atoms with Crippen molar-refractivity contribution in [1.82, 2.24) is 9.88 Å². The Labute approximate surface area is 143 Å². The first kappa shape index (κ1) is 15.4. The molecule has 0 bridgehead atoms. The van der Waals surface area contributed by atoms with Gasteiger partial charge in [0, 0.05) is 25.7 Å². The second-order valence-corrected chi connectivity index (χ2v) is 7.49. The molecule has 4 rings (SSSR count). The van der Waals surface area contributed by atoms with Crippen molar-refractivity contribution >= 4 is 11.7 Å². The molecule has 5 nitrogen and oxygen atoms in total. The third-order valence-electron chi connectivity index (χ3n) is 6.06. The van der Waals surface area contributed by atoms with Crippen molar-refractivity contribution in [3.63, 3.8) is 0 Å². The molecule has 2 saturated heterocycles. The van der Waals surface area contributed by atoms with Gasteiger partial charge in [0.2, 0.25) is 5.91 Å². The van der Waals surface area contributed by atoms with Crippen LogP contribution in [0.25, 0.3) is 0 Å². The highest BCUT2D eigenvalue weighted by Gasteiger charge is 2.50. The third kappa shape index (κ3) is 2.54. The molecule has 3 aliphatic rings. The van der Waals surface area contributed by atoms with E-state index in [0.29, 0.717) is 17.6 Å². The number of carbonyl (C=O) groups excluding carboxylic acids is 1. The highest BCUT2D eigenvalue weighted by molar-refractivity contribution is 5.85. The predicted molar refractivity (Wildman–Crippen MR) is 91.4 cm³/mol. The molecule has 5 heteroatoms. The number of anilines is 1. The normalized spacial score (nSPS) is 27.9. The van der Waals surface area contributed by atoms with Crippen LogP contribution in [0.4, 0.5) is 5.82 Å². The van der Waals surface area contributed by atoms with Gasteiger partial charge >= 0.3 is 0 Å². The lowest BCUT2D eigenvalue weighted by Gasteiger charge is -2.42. The summed E-state index contributed by atoms with van der Waals surface area (Å²) in [6.07, 6.45) is 7.89. The molecule has 3 fully saturated rings. The van der Waals surface area contributed by atoms with E-state index in [1.54, 1.807) is 6.07 Å². The molecule has 1 aromatic heterocycles. The van der Waals surface area contributed by atoms with E-state index in [0.717, 1.165) is 44.7 Å². The summed E-state index contributed by atoms with van der Waals surface area (Å²) in [5.41, 5.74) is 0.210. The highest BCUT2D eigenvalue weighted by atomic mass is 16.2. The fourth-order valence-electron chi connectivity index (χ4n) is 4.77. The lowest BCUT2D eigenvalue weighted by Crippen LogP contribution is -2.53. The van der Waals surface area contributed by atoms with Crippen LogP contribution >= 0.6 is 0 Å². The summed E-state index contributed by atoms with van der Waals surface area (Å²) in [6, 6.07) is 8.12. The van der Waals surface area contributed by atoms with E-state index >= 15 is 0 Å². The molecule has 0 unspecified atom stereocenters. The average Bonchev–Trinajstić information content (AvgIpc) is 3.28. The average molecular weight is 324 g/mol. The van der Waals surface area contributed by atoms with Gasteiger partial charge in [-0.25, -0.2) is 4.98 Å². The van der Waals surface area contributed by atoms with Gasteiger partial charge in [-0.3, -0.25) is 4.79 Å². The number of aromatic nitrogens is 1. The molecular weight excluding hydrogens is 300 g/mol. The molecule has 1 atom stereocenters. The fourth-order valence-corrected chi connectivity index (χ4v) is 4.77. The number of likely N-dealkylation sites (tertiary alicyclic amines) is 1. The Morgan fingerprint density at radius 2 is 2.00 bits per heavy atom. The summed E-state index contributed by atoms with van der Waals surface area (Å²) in [5.74, 6) is 1.20. The monoisotopic (exact) mass is 324 g/mol. The number of hydrogen-bond acceptors (Lipinski definition) is 4. The minimum absolute atomic E-state index is 0.231. The fraction of sp³-hybridized carbons (Fsp3) is 0.632. The summed E-state index contributed by atoms with van der Waals surface area (Å²) < 4.78 is 0. The van der Waals surface area contributed by atoms with Gasteiger partial charge in [0.15, 0.2) is 0 Å². The Bertz CT molecular complexity index is 676. The molecule has 126 valence electrons. The Morgan fingerprint density at radius 1 is 1.17 bits per heavy atom. The number of nitriles is 1. The molecule has 0 N–H and O–H groups in total. The van der Waals surface area contributed by atoms with Crippen LogP contribution < -0.4 is 4.90 Å². The zero-order chi connectivity index (χ0) is 16.6. The molecule has 2 aliphatic heterocycles. The summed E-state index contributed by atoms with van der Waals surface area (Å²) in [4.78, 5) is 22.1. The van der Waals surface area contributed by atoms with Gasteiger partial charge in [-0.15, -0.1) is 0 Å². The molecular formula is C19H24N4O. The summed E-state index contributed by atoms with van der Waals surface area (Å²) in [5, 5.41) is 9.05. The van der Waals surface area contributed by atoms with Crippen molar-refractivity contribution < 1.29 is 4.79 Å². The maximum Gasteiger partial charge on any atom is 0.230 e. The van der Waals surface area contributed by atoms with Crippen LogP contribution in [0.1, 0.15) is 50.6 Å². The molecule has 1 spiro atoms. The van der Waals surface area contributed by atoms with Gasteiger partial charge in [0.25, 0.3) is 0 Å². The SMILES string of the molecule is N#Cc1cccc(N2CC[C@]3(CCCN(C4CCCC4)C3=O)C2)n1. The van der Waals surface area contributed by atoms with Crippen LogP contribution in [0.15, 0.2) is 18.2 Å². The van der Waals surface area contributed by atoms with Crippen molar-refractivity contribution in [2.75, 3.05) is 24.5 Å². The number of hydrogen-bond donors (Lipinski definition) is 0. The van der Waals surface area contributed by atoms with E-state index in [1.165, 1.54) is 25.7 Å². The van der Waals surface area contributed by atoms with Crippen LogP contribution in [-0.2, 0) is 4.79 Å². The smallest absolute Gasteiger partial charge is 0.230 e. The van der Waals surface area contributed by atoms with Crippen LogP contribution in [-0.4, -0.2) is 41.5 Å². The van der Waals surface area contributed by atoms with E-state index in [9.17, 15) is 4.79 Å². The molecule has 1 amide bonds. The maximum atomic E-state index is 13.3. The first-order valence-corrected chi connectivity index (χ1v) is 9.15. The Morgan fingerprint density at radius 3 is 2.79 bits per heavy atom. The molecule has 3 heterocycles. The molecule has 24 heavy (non-hydrogen) atoms. The van der Waals surface area contributed by atoms with Gasteiger partial charge < -0.3 is 9.80 Å². The highest BCUT2D eigenvalue weighted by Crippen LogP contribution is 2.43. The van der Waals surface area contributed by atoms with E-state index in [1.807, 2.05) is 12.1 Å². The maximum absolute atomic E-state index is 13.3. The van der Waals surface area contributed by atoms with E-state index < -0.39 is 0 Å². The molecule has 1 saturated carbocycles. The summed E-state index contributed by atoms with van der Waals surface area (Å²) in [7, 11) is 0. The third-order valence-corrected chi connectivity index (χ3v) is 6.06. The number of pyridine rings is 1. The van der Waals surface area contributed by atoms with Crippen LogP contribution in [0.5, 0.6) is 0 Å².